The molecule has 5 nitrogen and oxygen atoms in total. The van der Waals surface area contributed by atoms with E-state index in [1.54, 1.807) is 0 Å². The van der Waals surface area contributed by atoms with Gasteiger partial charge < -0.3 is 19.8 Å². The lowest BCUT2D eigenvalue weighted by atomic mass is 10.1. The molecule has 2 heterocycles. The maximum absolute atomic E-state index is 11.7. The highest BCUT2D eigenvalue weighted by Crippen LogP contribution is 2.17. The number of carbonyl (C=O) groups excluding carboxylic acids is 1. The Bertz CT molecular complexity index is 277. The minimum atomic E-state index is 0.140. The van der Waals surface area contributed by atoms with Crippen LogP contribution in [0.4, 0.5) is 0 Å². The number of nitrogens with zero attached hydrogens (tertiary/aromatic N) is 3. The van der Waals surface area contributed by atoms with E-state index in [0.717, 1.165) is 52.2 Å². The molecule has 2 aliphatic heterocycles. The van der Waals surface area contributed by atoms with Crippen molar-refractivity contribution in [1.29, 1.82) is 0 Å². The summed E-state index contributed by atoms with van der Waals surface area (Å²) in [6.07, 6.45) is 1.58. The second-order valence-corrected chi connectivity index (χ2v) is 5.59. The Labute approximate surface area is 109 Å². The van der Waals surface area contributed by atoms with Crippen molar-refractivity contribution in [2.24, 2.45) is 5.92 Å². The van der Waals surface area contributed by atoms with Crippen LogP contribution in [0.2, 0.25) is 0 Å². The van der Waals surface area contributed by atoms with E-state index in [0.29, 0.717) is 6.42 Å². The summed E-state index contributed by atoms with van der Waals surface area (Å²) in [7, 11) is 2.16. The van der Waals surface area contributed by atoms with Gasteiger partial charge in [0.05, 0.1) is 0 Å². The monoisotopic (exact) mass is 255 g/mol. The van der Waals surface area contributed by atoms with E-state index in [1.165, 1.54) is 0 Å². The Balaban J connectivity index is 1.62. The first-order valence-corrected chi connectivity index (χ1v) is 6.98. The van der Waals surface area contributed by atoms with Gasteiger partial charge in [0.1, 0.15) is 0 Å². The van der Waals surface area contributed by atoms with Crippen molar-refractivity contribution in [3.8, 4) is 0 Å². The second kappa shape index (κ2) is 6.50. The fourth-order valence-electron chi connectivity index (χ4n) is 2.75. The number of piperazine rings is 1. The summed E-state index contributed by atoms with van der Waals surface area (Å²) in [6, 6.07) is 0. The summed E-state index contributed by atoms with van der Waals surface area (Å²) >= 11 is 0. The Morgan fingerprint density at radius 1 is 1.22 bits per heavy atom. The average molecular weight is 255 g/mol. The summed E-state index contributed by atoms with van der Waals surface area (Å²) in [5.74, 6) is 0.383. The lowest BCUT2D eigenvalue weighted by Crippen LogP contribution is -2.45. The molecule has 2 rings (SSSR count). The molecular weight excluding hydrogens is 230 g/mol. The molecule has 1 N–H and O–H groups in total. The zero-order valence-corrected chi connectivity index (χ0v) is 11.3. The van der Waals surface area contributed by atoms with Crippen molar-refractivity contribution < 1.29 is 9.90 Å². The molecule has 104 valence electrons. The Hall–Kier alpha value is -0.650. The van der Waals surface area contributed by atoms with Crippen molar-refractivity contribution in [3.63, 3.8) is 0 Å². The Morgan fingerprint density at radius 3 is 2.56 bits per heavy atom. The van der Waals surface area contributed by atoms with Gasteiger partial charge in [-0.3, -0.25) is 4.79 Å². The van der Waals surface area contributed by atoms with Crippen LogP contribution in [0.25, 0.3) is 0 Å². The van der Waals surface area contributed by atoms with Gasteiger partial charge in [-0.05, 0) is 20.0 Å². The number of aliphatic hydroxyl groups excluding tert-OH is 1. The van der Waals surface area contributed by atoms with E-state index >= 15 is 0 Å². The van der Waals surface area contributed by atoms with Crippen molar-refractivity contribution >= 4 is 5.91 Å². The molecule has 0 radical (unpaired) electrons. The van der Waals surface area contributed by atoms with Gasteiger partial charge in [0.2, 0.25) is 5.91 Å². The normalized spacial score (nSPS) is 27.1. The molecule has 1 unspecified atom stereocenters. The molecule has 0 spiro atoms. The zero-order chi connectivity index (χ0) is 13.0. The summed E-state index contributed by atoms with van der Waals surface area (Å²) < 4.78 is 0. The fraction of sp³-hybridized carbons (Fsp3) is 0.923. The minimum Gasteiger partial charge on any atom is -0.396 e. The summed E-state index contributed by atoms with van der Waals surface area (Å²) in [6.45, 7) is 7.40. The maximum Gasteiger partial charge on any atom is 0.223 e. The Morgan fingerprint density at radius 2 is 1.94 bits per heavy atom. The van der Waals surface area contributed by atoms with Crippen LogP contribution in [-0.2, 0) is 4.79 Å². The first-order chi connectivity index (χ1) is 8.69. The fourth-order valence-corrected chi connectivity index (χ4v) is 2.75. The third-order valence-electron chi connectivity index (χ3n) is 4.05. The number of hydrogen-bond acceptors (Lipinski definition) is 4. The van der Waals surface area contributed by atoms with Crippen molar-refractivity contribution in [2.75, 3.05) is 59.5 Å². The number of aliphatic hydroxyl groups is 1. The van der Waals surface area contributed by atoms with E-state index < -0.39 is 0 Å². The van der Waals surface area contributed by atoms with Gasteiger partial charge >= 0.3 is 0 Å². The Kier molecular flexibility index (Phi) is 4.97. The van der Waals surface area contributed by atoms with E-state index in [1.807, 2.05) is 4.90 Å². The maximum atomic E-state index is 11.7. The number of hydrogen-bond donors (Lipinski definition) is 1. The van der Waals surface area contributed by atoms with Gasteiger partial charge in [-0.1, -0.05) is 0 Å². The predicted molar refractivity (Wildman–Crippen MR) is 70.3 cm³/mol. The largest absolute Gasteiger partial charge is 0.396 e. The summed E-state index contributed by atoms with van der Waals surface area (Å²) in [5.41, 5.74) is 0. The van der Waals surface area contributed by atoms with E-state index in [2.05, 4.69) is 16.8 Å². The van der Waals surface area contributed by atoms with E-state index in [-0.39, 0.29) is 18.4 Å². The smallest absolute Gasteiger partial charge is 0.223 e. The van der Waals surface area contributed by atoms with Crippen molar-refractivity contribution in [3.05, 3.63) is 0 Å². The predicted octanol–water partition coefficient (Wildman–Crippen LogP) is -0.535. The number of amides is 1. The summed E-state index contributed by atoms with van der Waals surface area (Å²) in [5, 5.41) is 9.06. The third kappa shape index (κ3) is 3.67. The van der Waals surface area contributed by atoms with Crippen LogP contribution >= 0.6 is 0 Å². The van der Waals surface area contributed by atoms with Crippen LogP contribution in [0.3, 0.4) is 0 Å². The molecule has 2 fully saturated rings. The van der Waals surface area contributed by atoms with Gasteiger partial charge in [-0.15, -0.1) is 0 Å². The number of likely N-dealkylation sites (N-methyl/N-ethyl adjacent to an activating group) is 1. The minimum absolute atomic E-state index is 0.140. The number of likely N-dealkylation sites (tertiary alicyclic amines) is 1. The highest BCUT2D eigenvalue weighted by molar-refractivity contribution is 5.78. The van der Waals surface area contributed by atoms with E-state index in [9.17, 15) is 4.79 Å². The number of carbonyl (C=O) groups is 1. The van der Waals surface area contributed by atoms with Crippen LogP contribution < -0.4 is 0 Å². The van der Waals surface area contributed by atoms with Gasteiger partial charge in [0.15, 0.2) is 0 Å². The van der Waals surface area contributed by atoms with Gasteiger partial charge in [0, 0.05) is 58.2 Å². The first-order valence-electron chi connectivity index (χ1n) is 6.98. The molecule has 5 heteroatoms. The molecule has 0 aromatic rings. The average Bonchev–Trinajstić information content (AvgIpc) is 2.73. The quantitative estimate of drug-likeness (QED) is 0.717. The van der Waals surface area contributed by atoms with Gasteiger partial charge in [-0.2, -0.15) is 0 Å². The molecule has 1 atom stereocenters. The standard InChI is InChI=1S/C13H25N3O2/c1-14-5-7-15(8-6-14)3-2-4-16-10-12(11-17)9-13(16)18/h12,17H,2-11H2,1H3. The SMILES string of the molecule is CN1CCN(CCCN2CC(CO)CC2=O)CC1. The molecular formula is C13H25N3O2. The van der Waals surface area contributed by atoms with Crippen LogP contribution in [0, 0.1) is 5.92 Å². The highest BCUT2D eigenvalue weighted by Gasteiger charge is 2.28. The van der Waals surface area contributed by atoms with Crippen molar-refractivity contribution in [2.45, 2.75) is 12.8 Å². The molecule has 0 bridgehead atoms. The molecule has 0 saturated carbocycles. The lowest BCUT2D eigenvalue weighted by Gasteiger charge is -2.32. The highest BCUT2D eigenvalue weighted by atomic mass is 16.3. The molecule has 0 aromatic heterocycles. The third-order valence-corrected chi connectivity index (χ3v) is 4.05. The summed E-state index contributed by atoms with van der Waals surface area (Å²) in [4.78, 5) is 18.4. The molecule has 2 saturated heterocycles. The molecule has 0 aromatic carbocycles. The molecule has 18 heavy (non-hydrogen) atoms. The van der Waals surface area contributed by atoms with Crippen molar-refractivity contribution in [1.82, 2.24) is 14.7 Å². The van der Waals surface area contributed by atoms with Crippen LogP contribution in [0.15, 0.2) is 0 Å². The molecule has 0 aliphatic carbocycles. The first kappa shape index (κ1) is 13.8. The second-order valence-electron chi connectivity index (χ2n) is 5.59. The van der Waals surface area contributed by atoms with Crippen LogP contribution in [0.1, 0.15) is 12.8 Å². The zero-order valence-electron chi connectivity index (χ0n) is 11.3. The number of rotatable bonds is 5. The van der Waals surface area contributed by atoms with Crippen LogP contribution in [0.5, 0.6) is 0 Å². The lowest BCUT2D eigenvalue weighted by molar-refractivity contribution is -0.127. The van der Waals surface area contributed by atoms with Gasteiger partial charge in [0.25, 0.3) is 0 Å². The van der Waals surface area contributed by atoms with Gasteiger partial charge in [-0.25, -0.2) is 0 Å². The van der Waals surface area contributed by atoms with E-state index in [4.69, 9.17) is 5.11 Å². The topological polar surface area (TPSA) is 47.0 Å². The molecule has 2 aliphatic rings. The molecule has 1 amide bonds. The van der Waals surface area contributed by atoms with Crippen LogP contribution in [-0.4, -0.2) is 85.2 Å².